The summed E-state index contributed by atoms with van der Waals surface area (Å²) < 4.78 is 4.26. The van der Waals surface area contributed by atoms with Crippen molar-refractivity contribution >= 4 is 46.0 Å². The average molecular weight is 479 g/mol. The van der Waals surface area contributed by atoms with E-state index in [0.29, 0.717) is 34.4 Å². The van der Waals surface area contributed by atoms with E-state index in [1.54, 1.807) is 22.0 Å². The van der Waals surface area contributed by atoms with Crippen LogP contribution in [0.4, 0.5) is 5.82 Å². The number of nitrogen functional groups attached to an aromatic ring is 1. The molecule has 0 atom stereocenters. The molecule has 0 aliphatic carbocycles. The van der Waals surface area contributed by atoms with Crippen molar-refractivity contribution < 1.29 is 0 Å². The Bertz CT molecular complexity index is 1420. The van der Waals surface area contributed by atoms with Crippen LogP contribution in [0.2, 0.25) is 10.0 Å². The number of fused-ring (bicyclic) bond motifs is 1. The Morgan fingerprint density at radius 3 is 2.65 bits per heavy atom. The van der Waals surface area contributed by atoms with Crippen molar-refractivity contribution in [3.8, 4) is 11.3 Å². The molecule has 4 aromatic rings. The summed E-state index contributed by atoms with van der Waals surface area (Å²) in [5.41, 5.74) is 7.39. The van der Waals surface area contributed by atoms with Crippen molar-refractivity contribution in [3.05, 3.63) is 65.4 Å². The molecule has 0 radical (unpaired) electrons. The van der Waals surface area contributed by atoms with E-state index in [1.165, 1.54) is 23.0 Å². The van der Waals surface area contributed by atoms with Gasteiger partial charge in [0.2, 0.25) is 0 Å². The third-order valence-electron chi connectivity index (χ3n) is 4.79. The lowest BCUT2D eigenvalue weighted by molar-refractivity contribution is 0.494. The summed E-state index contributed by atoms with van der Waals surface area (Å²) in [5, 5.41) is 3.50. The number of aromatic nitrogens is 5. The fourth-order valence-electron chi connectivity index (χ4n) is 3.39. The van der Waals surface area contributed by atoms with Gasteiger partial charge in [-0.2, -0.15) is 0 Å². The molecule has 0 unspecified atom stereocenters. The first-order valence-electron chi connectivity index (χ1n) is 9.52. The second kappa shape index (κ2) is 8.14. The Morgan fingerprint density at radius 2 is 1.94 bits per heavy atom. The van der Waals surface area contributed by atoms with Crippen LogP contribution in [-0.2, 0) is 20.0 Å². The van der Waals surface area contributed by atoms with E-state index in [4.69, 9.17) is 28.9 Å². The highest BCUT2D eigenvalue weighted by molar-refractivity contribution is 7.10. The van der Waals surface area contributed by atoms with Gasteiger partial charge < -0.3 is 10.1 Å². The van der Waals surface area contributed by atoms with E-state index in [9.17, 15) is 9.59 Å². The third kappa shape index (κ3) is 4.00. The SMILES string of the molecule is CC(C)Cn1c(N)c(-c2csc(Cc3cn4cc(Cl)cc(Cl)c4n3)n2)c(=O)n(C)c1=O. The number of thiazole rings is 1. The first-order chi connectivity index (χ1) is 14.7. The number of hydrogen-bond donors (Lipinski definition) is 1. The molecule has 8 nitrogen and oxygen atoms in total. The molecule has 4 heterocycles. The van der Waals surface area contributed by atoms with Gasteiger partial charge >= 0.3 is 5.69 Å². The topological polar surface area (TPSA) is 100 Å². The van der Waals surface area contributed by atoms with Crippen LogP contribution in [0.3, 0.4) is 0 Å². The molecule has 11 heteroatoms. The molecular formula is C20H20Cl2N6O2S. The summed E-state index contributed by atoms with van der Waals surface area (Å²) in [5.74, 6) is 0.319. The lowest BCUT2D eigenvalue weighted by atomic mass is 10.2. The first kappa shape index (κ1) is 21.6. The van der Waals surface area contributed by atoms with Crippen LogP contribution < -0.4 is 17.0 Å². The third-order valence-corrected chi connectivity index (χ3v) is 6.13. The monoisotopic (exact) mass is 478 g/mol. The van der Waals surface area contributed by atoms with Gasteiger partial charge in [-0.15, -0.1) is 11.3 Å². The van der Waals surface area contributed by atoms with Crippen LogP contribution in [-0.4, -0.2) is 23.5 Å². The molecule has 4 rings (SSSR count). The van der Waals surface area contributed by atoms with Crippen molar-refractivity contribution in [1.82, 2.24) is 23.5 Å². The largest absolute Gasteiger partial charge is 0.384 e. The van der Waals surface area contributed by atoms with Crippen LogP contribution in [0.15, 0.2) is 33.4 Å². The molecule has 0 aromatic carbocycles. The lowest BCUT2D eigenvalue weighted by Crippen LogP contribution is -2.41. The van der Waals surface area contributed by atoms with Crippen molar-refractivity contribution in [3.63, 3.8) is 0 Å². The molecule has 0 aliphatic heterocycles. The Balaban J connectivity index is 1.73. The molecule has 162 valence electrons. The Labute approximate surface area is 191 Å². The van der Waals surface area contributed by atoms with Gasteiger partial charge in [0.25, 0.3) is 5.56 Å². The summed E-state index contributed by atoms with van der Waals surface area (Å²) >= 11 is 13.7. The predicted molar refractivity (Wildman–Crippen MR) is 124 cm³/mol. The number of nitrogens with zero attached hydrogens (tertiary/aromatic N) is 5. The summed E-state index contributed by atoms with van der Waals surface area (Å²) in [6.45, 7) is 4.37. The Morgan fingerprint density at radius 1 is 1.19 bits per heavy atom. The van der Waals surface area contributed by atoms with E-state index < -0.39 is 11.2 Å². The molecule has 2 N–H and O–H groups in total. The summed E-state index contributed by atoms with van der Waals surface area (Å²) in [6, 6.07) is 1.64. The van der Waals surface area contributed by atoms with Gasteiger partial charge in [-0.1, -0.05) is 37.0 Å². The van der Waals surface area contributed by atoms with Crippen molar-refractivity contribution in [2.45, 2.75) is 26.8 Å². The molecule has 0 fully saturated rings. The van der Waals surface area contributed by atoms with Gasteiger partial charge in [-0.05, 0) is 12.0 Å². The highest BCUT2D eigenvalue weighted by Crippen LogP contribution is 2.26. The maximum Gasteiger partial charge on any atom is 0.332 e. The highest BCUT2D eigenvalue weighted by atomic mass is 35.5. The quantitative estimate of drug-likeness (QED) is 0.473. The van der Waals surface area contributed by atoms with Crippen molar-refractivity contribution in [2.75, 3.05) is 5.73 Å². The standard InChI is InChI=1S/C20H20Cl2N6O2S/c1-10(2)6-28-17(23)16(19(29)26(3)20(28)30)14-9-31-15(25-14)5-12-8-27-7-11(21)4-13(22)18(27)24-12/h4,7-10H,5-6,23H2,1-3H3. The van der Waals surface area contributed by atoms with E-state index in [2.05, 4.69) is 9.97 Å². The van der Waals surface area contributed by atoms with E-state index >= 15 is 0 Å². The zero-order chi connectivity index (χ0) is 22.4. The van der Waals surface area contributed by atoms with Crippen LogP contribution in [0, 0.1) is 5.92 Å². The average Bonchev–Trinajstić information content (AvgIpc) is 3.31. The minimum atomic E-state index is -0.464. The van der Waals surface area contributed by atoms with Crippen molar-refractivity contribution in [2.24, 2.45) is 13.0 Å². The van der Waals surface area contributed by atoms with Crippen LogP contribution in [0.1, 0.15) is 24.5 Å². The number of pyridine rings is 1. The van der Waals surface area contributed by atoms with E-state index in [0.717, 1.165) is 15.3 Å². The van der Waals surface area contributed by atoms with E-state index in [1.807, 2.05) is 20.0 Å². The molecule has 0 saturated heterocycles. The van der Waals surface area contributed by atoms with Gasteiger partial charge in [0.05, 0.1) is 26.4 Å². The molecule has 0 amide bonds. The van der Waals surface area contributed by atoms with Crippen LogP contribution >= 0.6 is 34.5 Å². The van der Waals surface area contributed by atoms with Crippen LogP contribution in [0.5, 0.6) is 0 Å². The van der Waals surface area contributed by atoms with Gasteiger partial charge in [-0.3, -0.25) is 13.9 Å². The highest BCUT2D eigenvalue weighted by Gasteiger charge is 2.20. The zero-order valence-corrected chi connectivity index (χ0v) is 19.4. The molecule has 0 saturated carbocycles. The number of anilines is 1. The maximum absolute atomic E-state index is 12.8. The van der Waals surface area contributed by atoms with Gasteiger partial charge in [0.1, 0.15) is 11.4 Å². The smallest absolute Gasteiger partial charge is 0.332 e. The normalized spacial score (nSPS) is 11.7. The fraction of sp³-hybridized carbons (Fsp3) is 0.300. The predicted octanol–water partition coefficient (Wildman–Crippen LogP) is 3.45. The van der Waals surface area contributed by atoms with Gasteiger partial charge in [0, 0.05) is 37.8 Å². The molecular weight excluding hydrogens is 459 g/mol. The Hall–Kier alpha value is -2.62. The summed E-state index contributed by atoms with van der Waals surface area (Å²) in [6.07, 6.45) is 4.02. The molecule has 0 bridgehead atoms. The minimum absolute atomic E-state index is 0.132. The number of rotatable bonds is 5. The van der Waals surface area contributed by atoms with Crippen molar-refractivity contribution in [1.29, 1.82) is 0 Å². The number of nitrogens with two attached hydrogens (primary N) is 1. The summed E-state index contributed by atoms with van der Waals surface area (Å²) in [7, 11) is 1.45. The summed E-state index contributed by atoms with van der Waals surface area (Å²) in [4.78, 5) is 34.4. The zero-order valence-electron chi connectivity index (χ0n) is 17.1. The molecule has 31 heavy (non-hydrogen) atoms. The second-order valence-electron chi connectivity index (χ2n) is 7.68. The van der Waals surface area contributed by atoms with Gasteiger partial charge in [-0.25, -0.2) is 14.8 Å². The number of imidazole rings is 1. The second-order valence-corrected chi connectivity index (χ2v) is 9.47. The molecule has 0 spiro atoms. The number of halogens is 2. The Kier molecular flexibility index (Phi) is 5.67. The van der Waals surface area contributed by atoms with Gasteiger partial charge in [0.15, 0.2) is 5.65 Å². The minimum Gasteiger partial charge on any atom is -0.384 e. The van der Waals surface area contributed by atoms with Crippen LogP contribution in [0.25, 0.3) is 16.9 Å². The van der Waals surface area contributed by atoms with E-state index in [-0.39, 0.29) is 17.3 Å². The maximum atomic E-state index is 12.8. The fourth-order valence-corrected chi connectivity index (χ4v) is 4.72. The number of hydrogen-bond acceptors (Lipinski definition) is 6. The lowest BCUT2D eigenvalue weighted by Gasteiger charge is -2.15. The first-order valence-corrected chi connectivity index (χ1v) is 11.2. The molecule has 0 aliphatic rings. The molecule has 4 aromatic heterocycles.